The van der Waals surface area contributed by atoms with Crippen molar-refractivity contribution in [3.8, 4) is 23.3 Å². The molecule has 0 aliphatic heterocycles. The topological polar surface area (TPSA) is 147 Å². The number of nitrogens with one attached hydrogen (secondary N) is 2. The number of aromatic nitrogens is 2. The average molecular weight is 428 g/mol. The number of hydrogen-bond donors (Lipinski definition) is 2. The molecule has 0 saturated carbocycles. The molecule has 1 aromatic carbocycles. The van der Waals surface area contributed by atoms with Crippen LogP contribution in [0.3, 0.4) is 0 Å². The highest BCUT2D eigenvalue weighted by atomic mass is 32.2. The molecular formula is C16H20N4O8S. The van der Waals surface area contributed by atoms with E-state index in [-0.39, 0.29) is 35.8 Å². The lowest BCUT2D eigenvalue weighted by Crippen LogP contribution is -2.37. The van der Waals surface area contributed by atoms with Crippen LogP contribution in [0, 0.1) is 0 Å². The molecule has 1 heterocycles. The molecule has 0 atom stereocenters. The quantitative estimate of drug-likeness (QED) is 0.524. The van der Waals surface area contributed by atoms with Crippen molar-refractivity contribution in [1.29, 1.82) is 0 Å². The second kappa shape index (κ2) is 10.3. The Kier molecular flexibility index (Phi) is 7.79. The van der Waals surface area contributed by atoms with Gasteiger partial charge in [0.25, 0.3) is 0 Å². The lowest BCUT2D eigenvalue weighted by Gasteiger charge is -2.13. The van der Waals surface area contributed by atoms with E-state index in [9.17, 15) is 13.2 Å². The number of carbonyl (C=O) groups is 1. The van der Waals surface area contributed by atoms with Gasteiger partial charge in [0.1, 0.15) is 6.61 Å². The van der Waals surface area contributed by atoms with Gasteiger partial charge >= 0.3 is 16.3 Å². The SMILES string of the molecule is COCCOc1ccccc1OS(=O)(=O)NC(=O)Nc1nc(OC)cc(OC)n1. The average Bonchev–Trinajstić information content (AvgIpc) is 2.68. The predicted octanol–water partition coefficient (Wildman–Crippen LogP) is 0.964. The third-order valence-corrected chi connectivity index (χ3v) is 3.97. The first kappa shape index (κ1) is 22.0. The molecule has 0 aliphatic rings. The Morgan fingerprint density at radius 3 is 2.21 bits per heavy atom. The van der Waals surface area contributed by atoms with Crippen molar-refractivity contribution in [3.63, 3.8) is 0 Å². The lowest BCUT2D eigenvalue weighted by atomic mass is 10.3. The summed E-state index contributed by atoms with van der Waals surface area (Å²) >= 11 is 0. The van der Waals surface area contributed by atoms with Gasteiger partial charge in [0.05, 0.1) is 26.9 Å². The van der Waals surface area contributed by atoms with E-state index in [4.69, 9.17) is 23.1 Å². The number of nitrogens with zero attached hydrogens (tertiary/aromatic N) is 2. The molecule has 0 spiro atoms. The summed E-state index contributed by atoms with van der Waals surface area (Å²) in [5.74, 6) is 0.0263. The van der Waals surface area contributed by atoms with Gasteiger partial charge in [0.2, 0.25) is 17.7 Å². The fraction of sp³-hybridized carbons (Fsp3) is 0.312. The largest absolute Gasteiger partial charge is 0.487 e. The van der Waals surface area contributed by atoms with Crippen molar-refractivity contribution in [2.45, 2.75) is 0 Å². The second-order valence-electron chi connectivity index (χ2n) is 5.16. The highest BCUT2D eigenvalue weighted by molar-refractivity contribution is 7.85. The van der Waals surface area contributed by atoms with Gasteiger partial charge in [-0.2, -0.15) is 18.4 Å². The summed E-state index contributed by atoms with van der Waals surface area (Å²) in [4.78, 5) is 19.7. The maximum absolute atomic E-state index is 12.2. The van der Waals surface area contributed by atoms with Crippen LogP contribution < -0.4 is 28.4 Å². The number of methoxy groups -OCH3 is 3. The predicted molar refractivity (Wildman–Crippen MR) is 101 cm³/mol. The molecule has 2 rings (SSSR count). The van der Waals surface area contributed by atoms with Crippen molar-refractivity contribution in [2.24, 2.45) is 0 Å². The fourth-order valence-corrected chi connectivity index (χ4v) is 2.62. The number of amides is 2. The minimum atomic E-state index is -4.53. The first-order valence-corrected chi connectivity index (χ1v) is 9.48. The molecule has 2 amide bonds. The van der Waals surface area contributed by atoms with Gasteiger partial charge in [-0.1, -0.05) is 12.1 Å². The van der Waals surface area contributed by atoms with Gasteiger partial charge in [0, 0.05) is 7.11 Å². The summed E-state index contributed by atoms with van der Waals surface area (Å²) < 4.78 is 51.1. The van der Waals surface area contributed by atoms with Crippen LogP contribution in [0.1, 0.15) is 0 Å². The Morgan fingerprint density at radius 2 is 1.62 bits per heavy atom. The maximum Gasteiger partial charge on any atom is 0.411 e. The van der Waals surface area contributed by atoms with Gasteiger partial charge in [-0.15, -0.1) is 0 Å². The molecule has 2 N–H and O–H groups in total. The van der Waals surface area contributed by atoms with Gasteiger partial charge in [-0.25, -0.2) is 9.52 Å². The van der Waals surface area contributed by atoms with Crippen molar-refractivity contribution in [3.05, 3.63) is 30.3 Å². The van der Waals surface area contributed by atoms with E-state index in [1.165, 1.54) is 39.5 Å². The monoisotopic (exact) mass is 428 g/mol. The number of urea groups is 1. The van der Waals surface area contributed by atoms with E-state index in [1.54, 1.807) is 16.9 Å². The minimum absolute atomic E-state index is 0.105. The first-order chi connectivity index (χ1) is 13.9. The smallest absolute Gasteiger partial charge is 0.411 e. The van der Waals surface area contributed by atoms with Crippen molar-refractivity contribution in [1.82, 2.24) is 14.7 Å². The zero-order valence-electron chi connectivity index (χ0n) is 15.9. The number of ether oxygens (including phenoxy) is 4. The van der Waals surface area contributed by atoms with E-state index in [2.05, 4.69) is 15.3 Å². The van der Waals surface area contributed by atoms with Crippen molar-refractivity contribution >= 4 is 22.3 Å². The van der Waals surface area contributed by atoms with Crippen molar-refractivity contribution < 1.29 is 36.3 Å². The molecule has 0 bridgehead atoms. The van der Waals surface area contributed by atoms with Crippen LogP contribution in [-0.2, 0) is 15.0 Å². The molecule has 1 aromatic heterocycles. The fourth-order valence-electron chi connectivity index (χ4n) is 1.92. The standard InChI is InChI=1S/C16H20N4O8S/c1-24-8-9-27-11-6-4-5-7-12(11)28-29(22,23)20-16(21)19-15-17-13(25-2)10-14(18-15)26-3/h4-7,10H,8-9H2,1-3H3,(H2,17,18,19,20,21). The molecule has 12 nitrogen and oxygen atoms in total. The third kappa shape index (κ3) is 6.97. The third-order valence-electron chi connectivity index (χ3n) is 3.13. The van der Waals surface area contributed by atoms with Crippen LogP contribution in [0.25, 0.3) is 0 Å². The molecule has 0 saturated heterocycles. The highest BCUT2D eigenvalue weighted by Crippen LogP contribution is 2.27. The molecule has 13 heteroatoms. The number of anilines is 1. The normalized spacial score (nSPS) is 10.7. The Balaban J connectivity index is 2.05. The van der Waals surface area contributed by atoms with Gasteiger partial charge in [-0.3, -0.25) is 5.32 Å². The second-order valence-corrected chi connectivity index (χ2v) is 6.44. The Morgan fingerprint density at radius 1 is 1.00 bits per heavy atom. The zero-order valence-corrected chi connectivity index (χ0v) is 16.7. The summed E-state index contributed by atoms with van der Waals surface area (Å²) in [5, 5.41) is 2.15. The van der Waals surface area contributed by atoms with Gasteiger partial charge in [-0.05, 0) is 12.1 Å². The number of hydrogen-bond acceptors (Lipinski definition) is 10. The van der Waals surface area contributed by atoms with Crippen LogP contribution in [0.5, 0.6) is 23.3 Å². The highest BCUT2D eigenvalue weighted by Gasteiger charge is 2.20. The van der Waals surface area contributed by atoms with E-state index < -0.39 is 16.3 Å². The molecular weight excluding hydrogens is 408 g/mol. The number of carbonyl (C=O) groups excluding carboxylic acids is 1. The summed E-state index contributed by atoms with van der Waals surface area (Å²) in [6.45, 7) is 0.478. The van der Waals surface area contributed by atoms with E-state index in [1.807, 2.05) is 0 Å². The number of rotatable bonds is 10. The summed E-state index contributed by atoms with van der Waals surface area (Å²) in [6, 6.07) is 6.29. The summed E-state index contributed by atoms with van der Waals surface area (Å²) in [7, 11) is -0.315. The lowest BCUT2D eigenvalue weighted by molar-refractivity contribution is 0.145. The van der Waals surface area contributed by atoms with Gasteiger partial charge < -0.3 is 23.1 Å². The molecule has 158 valence electrons. The molecule has 29 heavy (non-hydrogen) atoms. The summed E-state index contributed by atoms with van der Waals surface area (Å²) in [5.41, 5.74) is 0. The summed E-state index contributed by atoms with van der Waals surface area (Å²) in [6.07, 6.45) is 0. The molecule has 0 fully saturated rings. The van der Waals surface area contributed by atoms with Crippen LogP contribution in [-0.4, -0.2) is 59.0 Å². The van der Waals surface area contributed by atoms with E-state index >= 15 is 0 Å². The van der Waals surface area contributed by atoms with Crippen LogP contribution in [0.4, 0.5) is 10.7 Å². The van der Waals surface area contributed by atoms with Gasteiger partial charge in [0.15, 0.2) is 11.5 Å². The molecule has 0 radical (unpaired) electrons. The molecule has 2 aromatic rings. The van der Waals surface area contributed by atoms with Crippen LogP contribution >= 0.6 is 0 Å². The first-order valence-electron chi connectivity index (χ1n) is 8.08. The van der Waals surface area contributed by atoms with E-state index in [0.717, 1.165) is 0 Å². The Bertz CT molecular complexity index is 916. The van der Waals surface area contributed by atoms with E-state index in [0.29, 0.717) is 6.61 Å². The molecule has 0 aliphatic carbocycles. The Hall–Kier alpha value is -3.32. The molecule has 0 unspecified atom stereocenters. The minimum Gasteiger partial charge on any atom is -0.487 e. The number of benzene rings is 1. The number of para-hydroxylation sites is 2. The van der Waals surface area contributed by atoms with Crippen LogP contribution in [0.15, 0.2) is 30.3 Å². The zero-order chi connectivity index (χ0) is 21.3. The Labute approximate surface area is 167 Å². The van der Waals surface area contributed by atoms with Crippen molar-refractivity contribution in [2.75, 3.05) is 39.9 Å². The van der Waals surface area contributed by atoms with Crippen LogP contribution in [0.2, 0.25) is 0 Å². The maximum atomic E-state index is 12.2.